The van der Waals surface area contributed by atoms with Crippen molar-refractivity contribution in [2.75, 3.05) is 5.32 Å². The zero-order valence-electron chi connectivity index (χ0n) is 16.2. The van der Waals surface area contributed by atoms with Crippen LogP contribution in [0.2, 0.25) is 0 Å². The SMILES string of the molecule is CCc1c(-c2ccc(NC(=O)c3c(F)cccc3F)nc2)ccc2c1oc(=O)n2C. The maximum absolute atomic E-state index is 13.8. The van der Waals surface area contributed by atoms with E-state index in [4.69, 9.17) is 4.42 Å². The van der Waals surface area contributed by atoms with Crippen molar-refractivity contribution in [3.63, 3.8) is 0 Å². The Balaban J connectivity index is 1.66. The van der Waals surface area contributed by atoms with Crippen LogP contribution in [0.25, 0.3) is 22.2 Å². The maximum Gasteiger partial charge on any atom is 0.419 e. The number of benzene rings is 2. The first-order valence-corrected chi connectivity index (χ1v) is 9.24. The number of carbonyl (C=O) groups is 1. The Hall–Kier alpha value is -3.81. The molecule has 0 fully saturated rings. The fourth-order valence-electron chi connectivity index (χ4n) is 3.39. The Kier molecular flexibility index (Phi) is 4.91. The number of amides is 1. The molecule has 0 atom stereocenters. The summed E-state index contributed by atoms with van der Waals surface area (Å²) in [5, 5.41) is 2.39. The number of aromatic nitrogens is 2. The topological polar surface area (TPSA) is 77.1 Å². The van der Waals surface area contributed by atoms with Crippen LogP contribution in [0, 0.1) is 11.6 Å². The molecule has 0 bridgehead atoms. The molecular formula is C22H17F2N3O3. The van der Waals surface area contributed by atoms with Gasteiger partial charge in [-0.15, -0.1) is 0 Å². The second-order valence-corrected chi connectivity index (χ2v) is 6.70. The van der Waals surface area contributed by atoms with Gasteiger partial charge in [-0.3, -0.25) is 9.36 Å². The van der Waals surface area contributed by atoms with E-state index in [1.807, 2.05) is 13.0 Å². The molecule has 2 heterocycles. The molecule has 4 aromatic rings. The number of halogens is 2. The van der Waals surface area contributed by atoms with Gasteiger partial charge in [-0.2, -0.15) is 0 Å². The normalized spacial score (nSPS) is 11.1. The number of hydrogen-bond acceptors (Lipinski definition) is 4. The number of anilines is 1. The smallest absolute Gasteiger partial charge is 0.407 e. The third-order valence-corrected chi connectivity index (χ3v) is 4.92. The third kappa shape index (κ3) is 3.26. The second-order valence-electron chi connectivity index (χ2n) is 6.70. The summed E-state index contributed by atoms with van der Waals surface area (Å²) >= 11 is 0. The molecule has 1 N–H and O–H groups in total. The molecule has 0 unspecified atom stereocenters. The highest BCUT2D eigenvalue weighted by molar-refractivity contribution is 6.04. The van der Waals surface area contributed by atoms with Gasteiger partial charge < -0.3 is 9.73 Å². The number of oxazole rings is 1. The van der Waals surface area contributed by atoms with Gasteiger partial charge in [-0.05, 0) is 42.3 Å². The van der Waals surface area contributed by atoms with E-state index in [0.29, 0.717) is 17.5 Å². The van der Waals surface area contributed by atoms with Crippen LogP contribution >= 0.6 is 0 Å². The van der Waals surface area contributed by atoms with Gasteiger partial charge in [0.05, 0.1) is 5.52 Å². The average Bonchev–Trinajstić information content (AvgIpc) is 3.02. The molecule has 8 heteroatoms. The largest absolute Gasteiger partial charge is 0.419 e. The lowest BCUT2D eigenvalue weighted by Gasteiger charge is -2.10. The zero-order chi connectivity index (χ0) is 21.4. The number of hydrogen-bond donors (Lipinski definition) is 1. The molecule has 0 aliphatic carbocycles. The van der Waals surface area contributed by atoms with Crippen molar-refractivity contribution in [3.05, 3.63) is 82.0 Å². The Morgan fingerprint density at radius 2 is 1.87 bits per heavy atom. The van der Waals surface area contributed by atoms with Gasteiger partial charge in [-0.1, -0.05) is 19.1 Å². The first-order chi connectivity index (χ1) is 14.4. The minimum absolute atomic E-state index is 0.150. The van der Waals surface area contributed by atoms with Gasteiger partial charge in [0, 0.05) is 24.4 Å². The van der Waals surface area contributed by atoms with Gasteiger partial charge in [0.15, 0.2) is 5.58 Å². The van der Waals surface area contributed by atoms with Crippen LogP contribution < -0.4 is 11.1 Å². The summed E-state index contributed by atoms with van der Waals surface area (Å²) in [7, 11) is 1.64. The summed E-state index contributed by atoms with van der Waals surface area (Å²) in [6.45, 7) is 1.95. The summed E-state index contributed by atoms with van der Waals surface area (Å²) in [5.41, 5.74) is 3.00. The maximum atomic E-state index is 13.8. The molecule has 30 heavy (non-hydrogen) atoms. The molecule has 2 aromatic heterocycles. The Labute approximate surface area is 169 Å². The van der Waals surface area contributed by atoms with Gasteiger partial charge in [0.25, 0.3) is 5.91 Å². The lowest BCUT2D eigenvalue weighted by Crippen LogP contribution is -2.16. The summed E-state index contributed by atoms with van der Waals surface area (Å²) in [4.78, 5) is 28.3. The number of fused-ring (bicyclic) bond motifs is 1. The summed E-state index contributed by atoms with van der Waals surface area (Å²) in [5.74, 6) is -3.11. The van der Waals surface area contributed by atoms with Crippen LogP contribution in [0.15, 0.2) is 57.9 Å². The number of nitrogens with zero attached hydrogens (tertiary/aromatic N) is 2. The van der Waals surface area contributed by atoms with Crippen LogP contribution in [0.1, 0.15) is 22.8 Å². The Morgan fingerprint density at radius 1 is 1.13 bits per heavy atom. The van der Waals surface area contributed by atoms with E-state index in [0.717, 1.165) is 28.8 Å². The molecule has 1 amide bonds. The molecule has 0 radical (unpaired) electrons. The molecule has 0 saturated carbocycles. The van der Waals surface area contributed by atoms with Crippen molar-refractivity contribution >= 4 is 22.8 Å². The van der Waals surface area contributed by atoms with Gasteiger partial charge in [0.1, 0.15) is 23.0 Å². The monoisotopic (exact) mass is 409 g/mol. The fourth-order valence-corrected chi connectivity index (χ4v) is 3.39. The highest BCUT2D eigenvalue weighted by Gasteiger charge is 2.18. The van der Waals surface area contributed by atoms with Crippen molar-refractivity contribution in [1.29, 1.82) is 0 Å². The van der Waals surface area contributed by atoms with Crippen molar-refractivity contribution < 1.29 is 18.0 Å². The highest BCUT2D eigenvalue weighted by atomic mass is 19.1. The predicted molar refractivity (Wildman–Crippen MR) is 108 cm³/mol. The number of pyridine rings is 1. The molecule has 6 nitrogen and oxygen atoms in total. The lowest BCUT2D eigenvalue weighted by atomic mass is 9.98. The number of rotatable bonds is 4. The van der Waals surface area contributed by atoms with E-state index < -0.39 is 28.9 Å². The Bertz CT molecular complexity index is 1300. The lowest BCUT2D eigenvalue weighted by molar-refractivity contribution is 0.101. The number of carbonyl (C=O) groups excluding carboxylic acids is 1. The van der Waals surface area contributed by atoms with E-state index in [2.05, 4.69) is 10.3 Å². The summed E-state index contributed by atoms with van der Waals surface area (Å²) in [6, 6.07) is 10.1. The van der Waals surface area contributed by atoms with Crippen LogP contribution in [0.3, 0.4) is 0 Å². The predicted octanol–water partition coefficient (Wildman–Crippen LogP) is 4.29. The van der Waals surface area contributed by atoms with Crippen molar-refractivity contribution in [3.8, 4) is 11.1 Å². The summed E-state index contributed by atoms with van der Waals surface area (Å²) < 4.78 is 34.4. The molecule has 0 aliphatic rings. The first kappa shape index (κ1) is 19.5. The van der Waals surface area contributed by atoms with E-state index in [-0.39, 0.29) is 5.82 Å². The molecule has 152 valence electrons. The van der Waals surface area contributed by atoms with E-state index in [1.165, 1.54) is 22.9 Å². The van der Waals surface area contributed by atoms with Gasteiger partial charge in [-0.25, -0.2) is 18.6 Å². The van der Waals surface area contributed by atoms with Crippen LogP contribution in [0.5, 0.6) is 0 Å². The van der Waals surface area contributed by atoms with Crippen molar-refractivity contribution in [2.24, 2.45) is 7.05 Å². The minimum atomic E-state index is -0.950. The average molecular weight is 409 g/mol. The van der Waals surface area contributed by atoms with Crippen LogP contribution in [-0.2, 0) is 13.5 Å². The molecular weight excluding hydrogens is 392 g/mol. The standard InChI is InChI=1S/C22H17F2N3O3/c1-3-13-14(8-9-17-20(13)30-22(29)27(17)2)12-7-10-18(25-11-12)26-21(28)19-15(23)5-4-6-16(19)24/h4-11H,3H2,1-2H3,(H,25,26,28). The van der Waals surface area contributed by atoms with Gasteiger partial charge in [0.2, 0.25) is 0 Å². The van der Waals surface area contributed by atoms with E-state index in [1.54, 1.807) is 19.2 Å². The van der Waals surface area contributed by atoms with E-state index in [9.17, 15) is 18.4 Å². The fraction of sp³-hybridized carbons (Fsp3) is 0.136. The quantitative estimate of drug-likeness (QED) is 0.546. The second kappa shape index (κ2) is 7.55. The van der Waals surface area contributed by atoms with Crippen molar-refractivity contribution in [1.82, 2.24) is 9.55 Å². The molecule has 0 spiro atoms. The van der Waals surface area contributed by atoms with Crippen LogP contribution in [-0.4, -0.2) is 15.5 Å². The molecule has 2 aromatic carbocycles. The summed E-state index contributed by atoms with van der Waals surface area (Å²) in [6.07, 6.45) is 2.17. The zero-order valence-corrected chi connectivity index (χ0v) is 16.2. The van der Waals surface area contributed by atoms with Gasteiger partial charge >= 0.3 is 5.76 Å². The molecule has 4 rings (SSSR count). The first-order valence-electron chi connectivity index (χ1n) is 9.24. The molecule has 0 aliphatic heterocycles. The number of aryl methyl sites for hydroxylation is 2. The minimum Gasteiger partial charge on any atom is -0.407 e. The van der Waals surface area contributed by atoms with Crippen LogP contribution in [0.4, 0.5) is 14.6 Å². The molecule has 0 saturated heterocycles. The Morgan fingerprint density at radius 3 is 2.50 bits per heavy atom. The van der Waals surface area contributed by atoms with E-state index >= 15 is 0 Å². The van der Waals surface area contributed by atoms with Crippen molar-refractivity contribution in [2.45, 2.75) is 13.3 Å². The number of nitrogens with one attached hydrogen (secondary N) is 1. The highest BCUT2D eigenvalue weighted by Crippen LogP contribution is 2.30. The third-order valence-electron chi connectivity index (χ3n) is 4.92.